The van der Waals surface area contributed by atoms with E-state index in [0.717, 1.165) is 16.2 Å². The van der Waals surface area contributed by atoms with Gasteiger partial charge in [0, 0.05) is 21.4 Å². The molecule has 1 N–H and O–H groups in total. The van der Waals surface area contributed by atoms with E-state index in [1.54, 1.807) is 18.2 Å². The minimum Gasteiger partial charge on any atom is -0.350 e. The molecule has 2 nitrogen and oxygen atoms in total. The predicted octanol–water partition coefficient (Wildman–Crippen LogP) is 4.01. The minimum atomic E-state index is -0.0946. The fourth-order valence-electron chi connectivity index (χ4n) is 1.18. The molecule has 88 valence electrons. The zero-order valence-electron chi connectivity index (χ0n) is 8.77. The first-order chi connectivity index (χ1) is 7.54. The summed E-state index contributed by atoms with van der Waals surface area (Å²) in [7, 11) is 0. The van der Waals surface area contributed by atoms with Crippen LogP contribution in [0.25, 0.3) is 0 Å². The molecule has 0 radical (unpaired) electrons. The molecule has 1 unspecified atom stereocenters. The molecule has 0 fully saturated rings. The fraction of sp³-hybridized carbons (Fsp3) is 0.364. The van der Waals surface area contributed by atoms with E-state index in [9.17, 15) is 4.79 Å². The van der Waals surface area contributed by atoms with Crippen LogP contribution in [0.5, 0.6) is 0 Å². The molecule has 1 aromatic carbocycles. The van der Waals surface area contributed by atoms with E-state index in [0.29, 0.717) is 10.6 Å². The van der Waals surface area contributed by atoms with Crippen LogP contribution < -0.4 is 5.32 Å². The maximum absolute atomic E-state index is 11.8. The van der Waals surface area contributed by atoms with Gasteiger partial charge < -0.3 is 5.32 Å². The molecule has 0 bridgehead atoms. The summed E-state index contributed by atoms with van der Waals surface area (Å²) in [5, 5.41) is 4.31. The van der Waals surface area contributed by atoms with Crippen molar-refractivity contribution < 1.29 is 4.79 Å². The molecule has 1 atom stereocenters. The van der Waals surface area contributed by atoms with Gasteiger partial charge in [0.2, 0.25) is 0 Å². The van der Waals surface area contributed by atoms with Gasteiger partial charge in [-0.15, -0.1) is 0 Å². The predicted molar refractivity (Wildman–Crippen MR) is 74.5 cm³/mol. The molecule has 16 heavy (non-hydrogen) atoms. The van der Waals surface area contributed by atoms with Crippen LogP contribution in [0.15, 0.2) is 22.7 Å². The number of rotatable bonds is 4. The van der Waals surface area contributed by atoms with Gasteiger partial charge in [-0.05, 0) is 47.5 Å². The maximum Gasteiger partial charge on any atom is 0.251 e. The summed E-state index contributed by atoms with van der Waals surface area (Å²) in [6.45, 7) is 1.97. The third kappa shape index (κ3) is 4.07. The molecule has 0 aliphatic carbocycles. The van der Waals surface area contributed by atoms with Crippen LogP contribution in [-0.2, 0) is 0 Å². The Labute approximate surface area is 117 Å². The second kappa shape index (κ2) is 6.62. The quantitative estimate of drug-likeness (QED) is 0.799. The van der Waals surface area contributed by atoms with Crippen LogP contribution >= 0.6 is 43.5 Å². The van der Waals surface area contributed by atoms with Crippen molar-refractivity contribution in [2.45, 2.75) is 19.4 Å². The highest BCUT2D eigenvalue weighted by Crippen LogP contribution is 2.23. The number of amides is 1. The van der Waals surface area contributed by atoms with Crippen molar-refractivity contribution in [3.05, 3.63) is 33.3 Å². The van der Waals surface area contributed by atoms with E-state index >= 15 is 0 Å². The van der Waals surface area contributed by atoms with Gasteiger partial charge in [0.15, 0.2) is 0 Å². The first-order valence-corrected chi connectivity index (χ1v) is 7.15. The van der Waals surface area contributed by atoms with Gasteiger partial charge in [0.25, 0.3) is 5.91 Å². The van der Waals surface area contributed by atoms with E-state index in [1.807, 2.05) is 6.92 Å². The lowest BCUT2D eigenvalue weighted by Gasteiger charge is -2.12. The van der Waals surface area contributed by atoms with Crippen LogP contribution in [0, 0.1) is 0 Å². The smallest absolute Gasteiger partial charge is 0.251 e. The first-order valence-electron chi connectivity index (χ1n) is 4.86. The number of hydrogen-bond donors (Lipinski definition) is 1. The lowest BCUT2D eigenvalue weighted by Crippen LogP contribution is -2.32. The highest BCUT2D eigenvalue weighted by Gasteiger charge is 2.10. The normalized spacial score (nSPS) is 12.2. The van der Waals surface area contributed by atoms with Crippen molar-refractivity contribution >= 4 is 49.4 Å². The standard InChI is InChI=1S/C11H12Br2ClNO/c1-7(4-5-12)15-11(16)8-2-3-9(13)10(14)6-8/h2-3,6-7H,4-5H2,1H3,(H,15,16). The minimum absolute atomic E-state index is 0.0946. The highest BCUT2D eigenvalue weighted by atomic mass is 79.9. The van der Waals surface area contributed by atoms with Gasteiger partial charge in [0.05, 0.1) is 5.02 Å². The van der Waals surface area contributed by atoms with Crippen molar-refractivity contribution in [1.29, 1.82) is 0 Å². The Kier molecular flexibility index (Phi) is 5.79. The number of halogens is 3. The second-order valence-electron chi connectivity index (χ2n) is 3.48. The van der Waals surface area contributed by atoms with Gasteiger partial charge in [-0.25, -0.2) is 0 Å². The molecule has 1 amide bonds. The zero-order valence-corrected chi connectivity index (χ0v) is 12.7. The molecule has 1 rings (SSSR count). The lowest BCUT2D eigenvalue weighted by molar-refractivity contribution is 0.0939. The van der Waals surface area contributed by atoms with Crippen LogP contribution in [0.2, 0.25) is 5.02 Å². The maximum atomic E-state index is 11.8. The van der Waals surface area contributed by atoms with Crippen molar-refractivity contribution in [2.24, 2.45) is 0 Å². The monoisotopic (exact) mass is 367 g/mol. The fourth-order valence-corrected chi connectivity index (χ4v) is 2.29. The number of carbonyl (C=O) groups is 1. The summed E-state index contributed by atoms with van der Waals surface area (Å²) in [4.78, 5) is 11.8. The van der Waals surface area contributed by atoms with Crippen molar-refractivity contribution in [3.63, 3.8) is 0 Å². The molecule has 0 saturated heterocycles. The third-order valence-corrected chi connectivity index (χ3v) is 3.79. The summed E-state index contributed by atoms with van der Waals surface area (Å²) >= 11 is 12.5. The molecule has 0 aliphatic rings. The molecule has 0 saturated carbocycles. The van der Waals surface area contributed by atoms with Crippen molar-refractivity contribution in [3.8, 4) is 0 Å². The topological polar surface area (TPSA) is 29.1 Å². The largest absolute Gasteiger partial charge is 0.350 e. The summed E-state index contributed by atoms with van der Waals surface area (Å²) < 4.78 is 0.791. The van der Waals surface area contributed by atoms with E-state index < -0.39 is 0 Å². The Bertz CT molecular complexity index is 384. The molecular weight excluding hydrogens is 357 g/mol. The molecule has 0 spiro atoms. The Balaban J connectivity index is 2.69. The summed E-state index contributed by atoms with van der Waals surface area (Å²) in [6, 6.07) is 5.31. The number of nitrogens with one attached hydrogen (secondary N) is 1. The molecule has 0 heterocycles. The van der Waals surface area contributed by atoms with E-state index in [-0.39, 0.29) is 11.9 Å². The third-order valence-electron chi connectivity index (χ3n) is 2.10. The molecule has 1 aromatic rings. The molecule has 0 aromatic heterocycles. The van der Waals surface area contributed by atoms with Gasteiger partial charge in [0.1, 0.15) is 0 Å². The number of carbonyl (C=O) groups excluding carboxylic acids is 1. The first kappa shape index (κ1) is 14.0. The van der Waals surface area contributed by atoms with Crippen LogP contribution in [0.1, 0.15) is 23.7 Å². The average molecular weight is 369 g/mol. The number of alkyl halides is 1. The van der Waals surface area contributed by atoms with Crippen LogP contribution in [0.3, 0.4) is 0 Å². The summed E-state index contributed by atoms with van der Waals surface area (Å²) in [6.07, 6.45) is 0.899. The second-order valence-corrected chi connectivity index (χ2v) is 5.54. The van der Waals surface area contributed by atoms with E-state index in [1.165, 1.54) is 0 Å². The van der Waals surface area contributed by atoms with Crippen molar-refractivity contribution in [1.82, 2.24) is 5.32 Å². The Hall–Kier alpha value is -0.0600. The SMILES string of the molecule is CC(CCBr)NC(=O)c1ccc(Br)c(Cl)c1. The van der Waals surface area contributed by atoms with Crippen LogP contribution in [0.4, 0.5) is 0 Å². The molecule has 5 heteroatoms. The lowest BCUT2D eigenvalue weighted by atomic mass is 10.2. The van der Waals surface area contributed by atoms with E-state index in [4.69, 9.17) is 11.6 Å². The van der Waals surface area contributed by atoms with Gasteiger partial charge in [-0.2, -0.15) is 0 Å². The molecular formula is C11H12Br2ClNO. The van der Waals surface area contributed by atoms with Crippen molar-refractivity contribution in [2.75, 3.05) is 5.33 Å². The zero-order chi connectivity index (χ0) is 12.1. The average Bonchev–Trinajstić information content (AvgIpc) is 2.22. The number of hydrogen-bond acceptors (Lipinski definition) is 1. The number of benzene rings is 1. The van der Waals surface area contributed by atoms with Gasteiger partial charge in [-0.3, -0.25) is 4.79 Å². The summed E-state index contributed by atoms with van der Waals surface area (Å²) in [5.41, 5.74) is 0.578. The highest BCUT2D eigenvalue weighted by molar-refractivity contribution is 9.10. The van der Waals surface area contributed by atoms with E-state index in [2.05, 4.69) is 37.2 Å². The molecule has 0 aliphatic heterocycles. The Morgan fingerprint density at radius 3 is 2.81 bits per heavy atom. The van der Waals surface area contributed by atoms with Gasteiger partial charge >= 0.3 is 0 Å². The summed E-state index contributed by atoms with van der Waals surface area (Å²) in [5.74, 6) is -0.0946. The Morgan fingerprint density at radius 2 is 2.25 bits per heavy atom. The van der Waals surface area contributed by atoms with Gasteiger partial charge in [-0.1, -0.05) is 27.5 Å². The Morgan fingerprint density at radius 1 is 1.56 bits per heavy atom. The van der Waals surface area contributed by atoms with Crippen LogP contribution in [-0.4, -0.2) is 17.3 Å².